The molecule has 1 heterocycles. The van der Waals surface area contributed by atoms with E-state index in [0.29, 0.717) is 36.2 Å². The maximum absolute atomic E-state index is 12.6. The predicted molar refractivity (Wildman–Crippen MR) is 122 cm³/mol. The van der Waals surface area contributed by atoms with Gasteiger partial charge in [-0.25, -0.2) is 8.42 Å². The van der Waals surface area contributed by atoms with Crippen LogP contribution in [0.5, 0.6) is 5.75 Å². The van der Waals surface area contributed by atoms with E-state index in [1.807, 2.05) is 19.1 Å². The first kappa shape index (κ1) is 23.3. The number of carbonyl (C=O) groups is 1. The van der Waals surface area contributed by atoms with Gasteiger partial charge in [0, 0.05) is 19.6 Å². The van der Waals surface area contributed by atoms with Crippen molar-refractivity contribution >= 4 is 15.9 Å². The molecule has 0 saturated carbocycles. The molecule has 1 saturated heterocycles. The molecule has 1 atom stereocenters. The number of nitrogens with one attached hydrogen (secondary N) is 1. The Hall–Kier alpha value is -2.38. The Kier molecular flexibility index (Phi) is 7.38. The number of rotatable bonds is 8. The van der Waals surface area contributed by atoms with Crippen molar-refractivity contribution in [3.8, 4) is 5.75 Å². The third kappa shape index (κ3) is 5.66. The highest BCUT2D eigenvalue weighted by Gasteiger charge is 2.27. The second kappa shape index (κ2) is 9.83. The van der Waals surface area contributed by atoms with Gasteiger partial charge in [0.2, 0.25) is 10.0 Å². The van der Waals surface area contributed by atoms with Crippen LogP contribution in [0.4, 0.5) is 0 Å². The van der Waals surface area contributed by atoms with E-state index >= 15 is 0 Å². The molecule has 31 heavy (non-hydrogen) atoms. The van der Waals surface area contributed by atoms with Gasteiger partial charge in [-0.3, -0.25) is 4.79 Å². The van der Waals surface area contributed by atoms with Gasteiger partial charge in [-0.2, -0.15) is 4.31 Å². The molecule has 2 aromatic carbocycles. The molecular weight excluding hydrogens is 412 g/mol. The minimum atomic E-state index is -3.42. The first-order valence-corrected chi connectivity index (χ1v) is 12.3. The lowest BCUT2D eigenvalue weighted by molar-refractivity contribution is -0.127. The van der Waals surface area contributed by atoms with Crippen LogP contribution in [0, 0.1) is 6.92 Å². The Morgan fingerprint density at radius 1 is 1.06 bits per heavy atom. The molecule has 1 aliphatic rings. The largest absolute Gasteiger partial charge is 0.481 e. The van der Waals surface area contributed by atoms with Crippen molar-refractivity contribution in [1.29, 1.82) is 0 Å². The van der Waals surface area contributed by atoms with Gasteiger partial charge < -0.3 is 10.1 Å². The number of sulfonamides is 1. The molecule has 1 fully saturated rings. The number of amides is 1. The molecule has 1 aliphatic heterocycles. The summed E-state index contributed by atoms with van der Waals surface area (Å²) < 4.78 is 32.7. The van der Waals surface area contributed by atoms with Gasteiger partial charge in [0.25, 0.3) is 5.91 Å². The van der Waals surface area contributed by atoms with Crippen LogP contribution < -0.4 is 10.1 Å². The van der Waals surface area contributed by atoms with Crippen LogP contribution in [0.15, 0.2) is 47.4 Å². The second-order valence-electron chi connectivity index (χ2n) is 8.41. The van der Waals surface area contributed by atoms with E-state index in [9.17, 15) is 13.2 Å². The van der Waals surface area contributed by atoms with E-state index < -0.39 is 16.1 Å². The van der Waals surface area contributed by atoms with Gasteiger partial charge in [0.05, 0.1) is 4.90 Å². The van der Waals surface area contributed by atoms with E-state index in [-0.39, 0.29) is 5.91 Å². The molecule has 0 aliphatic carbocycles. The molecule has 7 heteroatoms. The van der Waals surface area contributed by atoms with Crippen molar-refractivity contribution in [3.63, 3.8) is 0 Å². The minimum Gasteiger partial charge on any atom is -0.481 e. The maximum atomic E-state index is 12.6. The van der Waals surface area contributed by atoms with Crippen LogP contribution in [0.25, 0.3) is 0 Å². The Morgan fingerprint density at radius 2 is 1.71 bits per heavy atom. The Labute approximate surface area is 185 Å². The number of hydrogen-bond acceptors (Lipinski definition) is 4. The van der Waals surface area contributed by atoms with Crippen molar-refractivity contribution in [2.45, 2.75) is 64.0 Å². The lowest BCUT2D eigenvalue weighted by atomic mass is 10.0. The van der Waals surface area contributed by atoms with E-state index in [4.69, 9.17) is 4.74 Å². The molecule has 0 aromatic heterocycles. The zero-order valence-electron chi connectivity index (χ0n) is 18.7. The van der Waals surface area contributed by atoms with Crippen LogP contribution in [0.2, 0.25) is 0 Å². The summed E-state index contributed by atoms with van der Waals surface area (Å²) in [6.07, 6.45) is 1.17. The highest BCUT2D eigenvalue weighted by molar-refractivity contribution is 7.89. The van der Waals surface area contributed by atoms with Crippen LogP contribution >= 0.6 is 0 Å². The van der Waals surface area contributed by atoms with Crippen LogP contribution in [-0.4, -0.2) is 37.8 Å². The number of ether oxygens (including phenoxy) is 1. The van der Waals surface area contributed by atoms with E-state index in [1.165, 1.54) is 4.31 Å². The summed E-state index contributed by atoms with van der Waals surface area (Å²) in [7, 11) is -3.42. The molecule has 1 unspecified atom stereocenters. The fourth-order valence-corrected chi connectivity index (χ4v) is 5.05. The molecule has 6 nitrogen and oxygen atoms in total. The second-order valence-corrected chi connectivity index (χ2v) is 10.4. The zero-order valence-corrected chi connectivity index (χ0v) is 19.5. The number of nitrogens with zero attached hydrogens (tertiary/aromatic N) is 1. The van der Waals surface area contributed by atoms with Crippen LogP contribution in [0.1, 0.15) is 56.2 Å². The molecule has 1 amide bonds. The van der Waals surface area contributed by atoms with Crippen molar-refractivity contribution in [2.75, 3.05) is 13.1 Å². The van der Waals surface area contributed by atoms with E-state index in [2.05, 4.69) is 25.2 Å². The summed E-state index contributed by atoms with van der Waals surface area (Å²) in [6, 6.07) is 12.8. The monoisotopic (exact) mass is 444 g/mol. The van der Waals surface area contributed by atoms with Gasteiger partial charge in [-0.1, -0.05) is 38.1 Å². The third-order valence-corrected chi connectivity index (χ3v) is 7.56. The Bertz CT molecular complexity index is 1010. The summed E-state index contributed by atoms with van der Waals surface area (Å²) in [5, 5.41) is 2.87. The summed E-state index contributed by atoms with van der Waals surface area (Å²) in [6.45, 7) is 9.39. The third-order valence-electron chi connectivity index (χ3n) is 5.64. The van der Waals surface area contributed by atoms with Gasteiger partial charge >= 0.3 is 0 Å². The van der Waals surface area contributed by atoms with Crippen LogP contribution in [-0.2, 0) is 21.4 Å². The molecule has 0 bridgehead atoms. The van der Waals surface area contributed by atoms with Crippen molar-refractivity contribution in [3.05, 3.63) is 59.2 Å². The first-order valence-electron chi connectivity index (χ1n) is 10.8. The van der Waals surface area contributed by atoms with E-state index in [0.717, 1.165) is 29.5 Å². The topological polar surface area (TPSA) is 75.7 Å². The van der Waals surface area contributed by atoms with Gasteiger partial charge in [-0.15, -0.1) is 0 Å². The molecule has 0 spiro atoms. The SMILES string of the molecule is Cc1ccc(C(C)C)cc1OC(C)C(=O)NCc1ccc(S(=O)(=O)N2CCCC2)cc1. The molecule has 3 rings (SSSR count). The highest BCUT2D eigenvalue weighted by atomic mass is 32.2. The standard InChI is InChI=1S/C24H32N2O4S/c1-17(2)21-10-7-18(3)23(15-21)30-19(4)24(27)25-16-20-8-11-22(12-9-20)31(28,29)26-13-5-6-14-26/h7-12,15,17,19H,5-6,13-14,16H2,1-4H3,(H,25,27). The Balaban J connectivity index is 1.57. The fourth-order valence-electron chi connectivity index (χ4n) is 3.54. The number of carbonyl (C=O) groups excluding carboxylic acids is 1. The van der Waals surface area contributed by atoms with Gasteiger partial charge in [0.1, 0.15) is 5.75 Å². The summed E-state index contributed by atoms with van der Waals surface area (Å²) in [5.74, 6) is 0.873. The lowest BCUT2D eigenvalue weighted by Gasteiger charge is -2.18. The Morgan fingerprint density at radius 3 is 2.32 bits per heavy atom. The smallest absolute Gasteiger partial charge is 0.261 e. The lowest BCUT2D eigenvalue weighted by Crippen LogP contribution is -2.36. The highest BCUT2D eigenvalue weighted by Crippen LogP contribution is 2.25. The van der Waals surface area contributed by atoms with Crippen molar-refractivity contribution in [2.24, 2.45) is 0 Å². The van der Waals surface area contributed by atoms with Crippen LogP contribution in [0.3, 0.4) is 0 Å². The van der Waals surface area contributed by atoms with Gasteiger partial charge in [-0.05, 0) is 67.5 Å². The first-order chi connectivity index (χ1) is 14.7. The summed E-state index contributed by atoms with van der Waals surface area (Å²) in [5.41, 5.74) is 2.98. The van der Waals surface area contributed by atoms with Gasteiger partial charge in [0.15, 0.2) is 6.10 Å². The zero-order chi connectivity index (χ0) is 22.6. The number of benzene rings is 2. The summed E-state index contributed by atoms with van der Waals surface area (Å²) in [4.78, 5) is 12.8. The minimum absolute atomic E-state index is 0.219. The van der Waals surface area contributed by atoms with Crippen molar-refractivity contribution < 1.29 is 17.9 Å². The molecule has 168 valence electrons. The number of aryl methyl sites for hydroxylation is 1. The molecule has 1 N–H and O–H groups in total. The predicted octanol–water partition coefficient (Wildman–Crippen LogP) is 3.99. The normalized spacial score (nSPS) is 15.8. The maximum Gasteiger partial charge on any atom is 0.261 e. The summed E-state index contributed by atoms with van der Waals surface area (Å²) >= 11 is 0. The quantitative estimate of drug-likeness (QED) is 0.668. The average Bonchev–Trinajstić information content (AvgIpc) is 3.29. The average molecular weight is 445 g/mol. The number of hydrogen-bond donors (Lipinski definition) is 1. The molecule has 2 aromatic rings. The van der Waals surface area contributed by atoms with E-state index in [1.54, 1.807) is 31.2 Å². The molecular formula is C24H32N2O4S. The van der Waals surface area contributed by atoms with Crippen molar-refractivity contribution in [1.82, 2.24) is 9.62 Å². The fraction of sp³-hybridized carbons (Fsp3) is 0.458. The molecule has 0 radical (unpaired) electrons.